The van der Waals surface area contributed by atoms with Gasteiger partial charge in [-0.25, -0.2) is 0 Å². The van der Waals surface area contributed by atoms with Gasteiger partial charge in [-0.2, -0.15) is 0 Å². The molecule has 1 aromatic carbocycles. The zero-order valence-corrected chi connectivity index (χ0v) is 9.62. The molecule has 0 atom stereocenters. The molecule has 0 amide bonds. The first-order chi connectivity index (χ1) is 7.72. The quantitative estimate of drug-likeness (QED) is 0.412. The van der Waals surface area contributed by atoms with Gasteiger partial charge >= 0.3 is 0 Å². The van der Waals surface area contributed by atoms with Crippen molar-refractivity contribution in [1.29, 1.82) is 5.41 Å². The maximum atomic E-state index is 7.70. The molecule has 0 fully saturated rings. The van der Waals surface area contributed by atoms with E-state index in [0.29, 0.717) is 0 Å². The highest BCUT2D eigenvalue weighted by Gasteiger charge is 1.96. The van der Waals surface area contributed by atoms with Crippen LogP contribution in [-0.2, 0) is 0 Å². The predicted octanol–water partition coefficient (Wildman–Crippen LogP) is 3.10. The summed E-state index contributed by atoms with van der Waals surface area (Å²) in [6, 6.07) is 9.64. The van der Waals surface area contributed by atoms with Gasteiger partial charge in [-0.1, -0.05) is 30.4 Å². The second kappa shape index (κ2) is 6.45. The van der Waals surface area contributed by atoms with Crippen LogP contribution in [0.3, 0.4) is 0 Å². The van der Waals surface area contributed by atoms with Gasteiger partial charge in [-0.05, 0) is 32.1 Å². The fraction of sp³-hybridized carbons (Fsp3) is 0.154. The van der Waals surface area contributed by atoms with E-state index < -0.39 is 0 Å². The molecule has 0 saturated carbocycles. The summed E-state index contributed by atoms with van der Waals surface area (Å²) in [7, 11) is 0. The van der Waals surface area contributed by atoms with E-state index in [-0.39, 0.29) is 5.96 Å². The van der Waals surface area contributed by atoms with E-state index in [1.165, 1.54) is 0 Å². The van der Waals surface area contributed by atoms with Gasteiger partial charge in [0, 0.05) is 11.4 Å². The van der Waals surface area contributed by atoms with Crippen molar-refractivity contribution in [3.05, 3.63) is 54.3 Å². The van der Waals surface area contributed by atoms with Crippen molar-refractivity contribution < 1.29 is 0 Å². The number of para-hydroxylation sites is 1. The minimum Gasteiger partial charge on any atom is -0.330 e. The van der Waals surface area contributed by atoms with Crippen LogP contribution < -0.4 is 10.6 Å². The number of hydrogen-bond acceptors (Lipinski definition) is 1. The van der Waals surface area contributed by atoms with E-state index in [1.54, 1.807) is 0 Å². The Kier molecular flexibility index (Phi) is 4.86. The van der Waals surface area contributed by atoms with Gasteiger partial charge in [0.1, 0.15) is 0 Å². The van der Waals surface area contributed by atoms with Gasteiger partial charge in [0.05, 0.1) is 0 Å². The molecule has 0 aliphatic carbocycles. The van der Waals surface area contributed by atoms with Crippen LogP contribution in [0.4, 0.5) is 5.69 Å². The van der Waals surface area contributed by atoms with E-state index in [9.17, 15) is 0 Å². The first kappa shape index (κ1) is 12.0. The lowest BCUT2D eigenvalue weighted by atomic mass is 10.3. The lowest BCUT2D eigenvalue weighted by Crippen LogP contribution is -2.27. The highest BCUT2D eigenvalue weighted by Crippen LogP contribution is 2.04. The second-order valence-electron chi connectivity index (χ2n) is 3.37. The minimum atomic E-state index is 0.268. The standard InChI is InChI=1S/C13H17N3/c1-3-4-8-11(2)15-13(14)16-12-9-6-5-7-10-12/h3-10H,1-2H3,(H3,14,15,16)/b4-3-,11-8+. The largest absolute Gasteiger partial charge is 0.330 e. The third-order valence-corrected chi connectivity index (χ3v) is 1.90. The first-order valence-electron chi connectivity index (χ1n) is 5.19. The SMILES string of the molecule is C/C=C\C=C(/C)NC(=N)Nc1ccccc1. The van der Waals surface area contributed by atoms with Crippen molar-refractivity contribution in [2.45, 2.75) is 13.8 Å². The topological polar surface area (TPSA) is 47.9 Å². The van der Waals surface area contributed by atoms with E-state index in [4.69, 9.17) is 5.41 Å². The smallest absolute Gasteiger partial charge is 0.197 e. The number of hydrogen-bond donors (Lipinski definition) is 3. The molecule has 3 nitrogen and oxygen atoms in total. The van der Waals surface area contributed by atoms with Crippen LogP contribution in [0, 0.1) is 5.41 Å². The van der Waals surface area contributed by atoms with Crippen molar-refractivity contribution in [2.24, 2.45) is 0 Å². The molecule has 84 valence electrons. The van der Waals surface area contributed by atoms with Crippen LogP contribution in [0.1, 0.15) is 13.8 Å². The van der Waals surface area contributed by atoms with Crippen LogP contribution in [0.25, 0.3) is 0 Å². The van der Waals surface area contributed by atoms with Crippen LogP contribution >= 0.6 is 0 Å². The summed E-state index contributed by atoms with van der Waals surface area (Å²) in [6.45, 7) is 3.87. The molecule has 0 spiro atoms. The van der Waals surface area contributed by atoms with Crippen molar-refractivity contribution in [1.82, 2.24) is 5.32 Å². The summed E-state index contributed by atoms with van der Waals surface area (Å²) in [4.78, 5) is 0. The zero-order valence-electron chi connectivity index (χ0n) is 9.62. The Labute approximate surface area is 96.4 Å². The van der Waals surface area contributed by atoms with Crippen molar-refractivity contribution in [3.63, 3.8) is 0 Å². The minimum absolute atomic E-state index is 0.268. The van der Waals surface area contributed by atoms with Crippen LogP contribution in [0.2, 0.25) is 0 Å². The van der Waals surface area contributed by atoms with Crippen molar-refractivity contribution in [3.8, 4) is 0 Å². The molecule has 0 saturated heterocycles. The summed E-state index contributed by atoms with van der Waals surface area (Å²) >= 11 is 0. The summed E-state index contributed by atoms with van der Waals surface area (Å²) in [5, 5.41) is 13.6. The maximum absolute atomic E-state index is 7.70. The molecular formula is C13H17N3. The number of nitrogens with one attached hydrogen (secondary N) is 3. The van der Waals surface area contributed by atoms with Gasteiger partial charge in [-0.3, -0.25) is 5.41 Å². The van der Waals surface area contributed by atoms with Gasteiger partial charge in [0.25, 0.3) is 0 Å². The average Bonchev–Trinajstić information content (AvgIpc) is 2.27. The lowest BCUT2D eigenvalue weighted by molar-refractivity contribution is 1.09. The summed E-state index contributed by atoms with van der Waals surface area (Å²) in [6.07, 6.45) is 5.79. The van der Waals surface area contributed by atoms with Gasteiger partial charge < -0.3 is 10.6 Å². The number of anilines is 1. The number of benzene rings is 1. The molecular weight excluding hydrogens is 198 g/mol. The summed E-state index contributed by atoms with van der Waals surface area (Å²) in [5.41, 5.74) is 1.82. The van der Waals surface area contributed by atoms with Gasteiger partial charge in [-0.15, -0.1) is 0 Å². The van der Waals surface area contributed by atoms with Gasteiger partial charge in [0.2, 0.25) is 0 Å². The molecule has 1 aromatic rings. The third-order valence-electron chi connectivity index (χ3n) is 1.90. The normalized spacial score (nSPS) is 11.5. The Morgan fingerprint density at radius 2 is 1.94 bits per heavy atom. The maximum Gasteiger partial charge on any atom is 0.197 e. The number of guanidine groups is 1. The fourth-order valence-electron chi connectivity index (χ4n) is 1.18. The fourth-order valence-corrected chi connectivity index (χ4v) is 1.18. The van der Waals surface area contributed by atoms with Gasteiger partial charge in [0.15, 0.2) is 5.96 Å². The van der Waals surface area contributed by atoms with Crippen LogP contribution in [-0.4, -0.2) is 5.96 Å². The van der Waals surface area contributed by atoms with Crippen molar-refractivity contribution in [2.75, 3.05) is 5.32 Å². The molecule has 0 bridgehead atoms. The molecule has 0 radical (unpaired) electrons. The van der Waals surface area contributed by atoms with E-state index in [0.717, 1.165) is 11.4 Å². The molecule has 1 rings (SSSR count). The first-order valence-corrected chi connectivity index (χ1v) is 5.19. The lowest BCUT2D eigenvalue weighted by Gasteiger charge is -2.09. The van der Waals surface area contributed by atoms with Crippen LogP contribution in [0.5, 0.6) is 0 Å². The van der Waals surface area contributed by atoms with E-state index >= 15 is 0 Å². The Bertz CT molecular complexity index is 391. The Morgan fingerprint density at radius 3 is 2.56 bits per heavy atom. The molecule has 3 N–H and O–H groups in total. The Morgan fingerprint density at radius 1 is 1.25 bits per heavy atom. The summed E-state index contributed by atoms with van der Waals surface area (Å²) < 4.78 is 0. The zero-order chi connectivity index (χ0) is 11.8. The van der Waals surface area contributed by atoms with Crippen molar-refractivity contribution >= 4 is 11.6 Å². The van der Waals surface area contributed by atoms with Crippen LogP contribution in [0.15, 0.2) is 54.3 Å². The molecule has 0 aliphatic heterocycles. The molecule has 0 aromatic heterocycles. The molecule has 0 heterocycles. The molecule has 3 heteroatoms. The highest BCUT2D eigenvalue weighted by molar-refractivity contribution is 5.92. The van der Waals surface area contributed by atoms with E-state index in [1.807, 2.05) is 62.4 Å². The number of allylic oxidation sites excluding steroid dienone is 4. The Balaban J connectivity index is 2.48. The summed E-state index contributed by atoms with van der Waals surface area (Å²) in [5.74, 6) is 0.268. The second-order valence-corrected chi connectivity index (χ2v) is 3.37. The number of rotatable bonds is 3. The monoisotopic (exact) mass is 215 g/mol. The molecule has 16 heavy (non-hydrogen) atoms. The molecule has 0 unspecified atom stereocenters. The third kappa shape index (κ3) is 4.46. The molecule has 0 aliphatic rings. The highest BCUT2D eigenvalue weighted by atomic mass is 15.1. The Hall–Kier alpha value is -2.03. The predicted molar refractivity (Wildman–Crippen MR) is 69.5 cm³/mol. The van der Waals surface area contributed by atoms with E-state index in [2.05, 4.69) is 10.6 Å². The average molecular weight is 215 g/mol.